The van der Waals surface area contributed by atoms with Crippen LogP contribution < -0.4 is 0 Å². The number of ether oxygens (including phenoxy) is 2. The third kappa shape index (κ3) is 4.42. The normalized spacial score (nSPS) is 10.3. The summed E-state index contributed by atoms with van der Waals surface area (Å²) in [5, 5.41) is 0.650. The van der Waals surface area contributed by atoms with Gasteiger partial charge in [0.25, 0.3) is 0 Å². The average molecular weight is 229 g/mol. The number of hydrogen-bond acceptors (Lipinski definition) is 3. The summed E-state index contributed by atoms with van der Waals surface area (Å²) in [6.07, 6.45) is 0. The Kier molecular flexibility index (Phi) is 5.32. The van der Waals surface area contributed by atoms with Gasteiger partial charge in [0, 0.05) is 12.1 Å². The van der Waals surface area contributed by atoms with Crippen molar-refractivity contribution in [2.24, 2.45) is 0 Å². The summed E-state index contributed by atoms with van der Waals surface area (Å²) in [7, 11) is 1.48. The number of halogens is 1. The van der Waals surface area contributed by atoms with E-state index in [0.717, 1.165) is 5.56 Å². The molecule has 82 valence electrons. The van der Waals surface area contributed by atoms with E-state index in [1.165, 1.54) is 7.11 Å². The van der Waals surface area contributed by atoms with Crippen molar-refractivity contribution in [3.05, 3.63) is 34.9 Å². The van der Waals surface area contributed by atoms with Crippen molar-refractivity contribution in [3.63, 3.8) is 0 Å². The van der Waals surface area contributed by atoms with Crippen molar-refractivity contribution >= 4 is 17.4 Å². The van der Waals surface area contributed by atoms with Gasteiger partial charge in [-0.2, -0.15) is 0 Å². The van der Waals surface area contributed by atoms with Crippen LogP contribution in [0.25, 0.3) is 0 Å². The fourth-order valence-electron chi connectivity index (χ4n) is 1.09. The molecule has 1 aromatic carbocycles. The second kappa shape index (κ2) is 6.56. The summed E-state index contributed by atoms with van der Waals surface area (Å²) >= 11 is 5.91. The molecule has 0 saturated carbocycles. The van der Waals surface area contributed by atoms with Gasteiger partial charge in [-0.1, -0.05) is 29.8 Å². The number of ketones is 1. The highest BCUT2D eigenvalue weighted by Gasteiger charge is 2.02. The summed E-state index contributed by atoms with van der Waals surface area (Å²) in [5.41, 5.74) is 0.879. The molecule has 0 bridgehead atoms. The zero-order valence-electron chi connectivity index (χ0n) is 8.53. The van der Waals surface area contributed by atoms with E-state index in [0.29, 0.717) is 11.6 Å². The molecule has 0 aliphatic carbocycles. The number of rotatable bonds is 6. The van der Waals surface area contributed by atoms with Gasteiger partial charge in [-0.3, -0.25) is 4.79 Å². The molecule has 0 aliphatic heterocycles. The van der Waals surface area contributed by atoms with Crippen LogP contribution in [0.1, 0.15) is 5.56 Å². The first-order valence-corrected chi connectivity index (χ1v) is 4.93. The Bertz CT molecular complexity index is 325. The van der Waals surface area contributed by atoms with Gasteiger partial charge < -0.3 is 9.47 Å². The summed E-state index contributed by atoms with van der Waals surface area (Å²) < 4.78 is 9.88. The fraction of sp³-hybridized carbons (Fsp3) is 0.364. The van der Waals surface area contributed by atoms with Crippen LogP contribution >= 0.6 is 11.6 Å². The molecule has 0 unspecified atom stereocenters. The Hall–Kier alpha value is -0.900. The second-order valence-corrected chi connectivity index (χ2v) is 3.46. The molecule has 0 aromatic heterocycles. The van der Waals surface area contributed by atoms with E-state index in [2.05, 4.69) is 4.74 Å². The minimum Gasteiger partial charge on any atom is -0.377 e. The largest absolute Gasteiger partial charge is 0.377 e. The minimum absolute atomic E-state index is 0.0546. The molecule has 0 atom stereocenters. The van der Waals surface area contributed by atoms with Crippen molar-refractivity contribution < 1.29 is 14.3 Å². The molecule has 0 amide bonds. The highest BCUT2D eigenvalue weighted by atomic mass is 35.5. The lowest BCUT2D eigenvalue weighted by molar-refractivity contribution is -0.127. The van der Waals surface area contributed by atoms with Crippen molar-refractivity contribution in [2.45, 2.75) is 6.61 Å². The molecule has 1 rings (SSSR count). The molecule has 0 aliphatic rings. The maximum atomic E-state index is 11.0. The summed E-state index contributed by atoms with van der Waals surface area (Å²) in [4.78, 5) is 11.0. The molecular formula is C11H13ClO3. The molecule has 4 heteroatoms. The number of carbonyl (C=O) groups excluding carboxylic acids is 1. The van der Waals surface area contributed by atoms with Crippen molar-refractivity contribution in [1.29, 1.82) is 0 Å². The average Bonchev–Trinajstić information content (AvgIpc) is 2.21. The second-order valence-electron chi connectivity index (χ2n) is 3.06. The number of benzene rings is 1. The van der Waals surface area contributed by atoms with Crippen LogP contribution in [0.2, 0.25) is 5.02 Å². The van der Waals surface area contributed by atoms with Crippen LogP contribution in [-0.2, 0) is 20.9 Å². The van der Waals surface area contributed by atoms with Crippen molar-refractivity contribution in [3.8, 4) is 0 Å². The number of hydrogen-bond donors (Lipinski definition) is 0. The quantitative estimate of drug-likeness (QED) is 0.748. The monoisotopic (exact) mass is 228 g/mol. The smallest absolute Gasteiger partial charge is 0.183 e. The molecule has 3 nitrogen and oxygen atoms in total. The van der Waals surface area contributed by atoms with Gasteiger partial charge in [0.1, 0.15) is 13.2 Å². The highest BCUT2D eigenvalue weighted by Crippen LogP contribution is 2.15. The molecule has 0 radical (unpaired) electrons. The van der Waals surface area contributed by atoms with Crippen molar-refractivity contribution in [1.82, 2.24) is 0 Å². The zero-order chi connectivity index (χ0) is 11.1. The zero-order valence-corrected chi connectivity index (χ0v) is 9.29. The van der Waals surface area contributed by atoms with Crippen LogP contribution in [-0.4, -0.2) is 26.1 Å². The molecule has 0 saturated heterocycles. The topological polar surface area (TPSA) is 35.5 Å². The third-order valence-electron chi connectivity index (χ3n) is 1.78. The van der Waals surface area contributed by atoms with E-state index in [1.54, 1.807) is 6.07 Å². The summed E-state index contributed by atoms with van der Waals surface area (Å²) in [5.74, 6) is -0.0791. The van der Waals surface area contributed by atoms with E-state index < -0.39 is 0 Å². The van der Waals surface area contributed by atoms with Gasteiger partial charge in [-0.05, 0) is 11.6 Å². The SMILES string of the molecule is COCC(=O)COCc1ccccc1Cl. The van der Waals surface area contributed by atoms with Gasteiger partial charge >= 0.3 is 0 Å². The predicted molar refractivity (Wildman–Crippen MR) is 58.0 cm³/mol. The Morgan fingerprint density at radius 1 is 1.33 bits per heavy atom. The molecule has 0 spiro atoms. The third-order valence-corrected chi connectivity index (χ3v) is 2.15. The predicted octanol–water partition coefficient (Wildman–Crippen LogP) is 2.07. The van der Waals surface area contributed by atoms with Gasteiger partial charge in [0.15, 0.2) is 5.78 Å². The Labute approximate surface area is 93.9 Å². The minimum atomic E-state index is -0.0791. The van der Waals surface area contributed by atoms with E-state index >= 15 is 0 Å². The van der Waals surface area contributed by atoms with Crippen molar-refractivity contribution in [2.75, 3.05) is 20.3 Å². The van der Waals surface area contributed by atoms with E-state index in [4.69, 9.17) is 16.3 Å². The first-order chi connectivity index (χ1) is 7.24. The standard InChI is InChI=1S/C11H13ClO3/c1-14-7-10(13)8-15-6-9-4-2-3-5-11(9)12/h2-5H,6-8H2,1H3. The Morgan fingerprint density at radius 2 is 2.07 bits per heavy atom. The number of carbonyl (C=O) groups is 1. The number of Topliss-reactive ketones (excluding diaryl/α,β-unsaturated/α-hetero) is 1. The lowest BCUT2D eigenvalue weighted by Gasteiger charge is -2.04. The maximum absolute atomic E-state index is 11.0. The molecular weight excluding hydrogens is 216 g/mol. The Balaban J connectivity index is 2.32. The molecule has 0 fully saturated rings. The molecule has 0 N–H and O–H groups in total. The van der Waals surface area contributed by atoms with Gasteiger partial charge in [-0.15, -0.1) is 0 Å². The molecule has 0 heterocycles. The first kappa shape index (κ1) is 12.2. The van der Waals surface area contributed by atoms with Crippen LogP contribution in [0.15, 0.2) is 24.3 Å². The van der Waals surface area contributed by atoms with E-state index in [1.807, 2.05) is 18.2 Å². The van der Waals surface area contributed by atoms with Gasteiger partial charge in [0.2, 0.25) is 0 Å². The fourth-order valence-corrected chi connectivity index (χ4v) is 1.28. The van der Waals surface area contributed by atoms with Crippen LogP contribution in [0.4, 0.5) is 0 Å². The van der Waals surface area contributed by atoms with Crippen LogP contribution in [0.3, 0.4) is 0 Å². The molecule has 15 heavy (non-hydrogen) atoms. The van der Waals surface area contributed by atoms with Gasteiger partial charge in [0.05, 0.1) is 6.61 Å². The Morgan fingerprint density at radius 3 is 2.73 bits per heavy atom. The number of methoxy groups -OCH3 is 1. The van der Waals surface area contributed by atoms with E-state index in [9.17, 15) is 4.79 Å². The highest BCUT2D eigenvalue weighted by molar-refractivity contribution is 6.31. The first-order valence-electron chi connectivity index (χ1n) is 4.56. The maximum Gasteiger partial charge on any atom is 0.183 e. The van der Waals surface area contributed by atoms with E-state index in [-0.39, 0.29) is 19.0 Å². The summed E-state index contributed by atoms with van der Waals surface area (Å²) in [6.45, 7) is 0.483. The lowest BCUT2D eigenvalue weighted by Crippen LogP contribution is -2.14. The molecule has 1 aromatic rings. The van der Waals surface area contributed by atoms with Crippen LogP contribution in [0, 0.1) is 0 Å². The van der Waals surface area contributed by atoms with Gasteiger partial charge in [-0.25, -0.2) is 0 Å². The summed E-state index contributed by atoms with van der Waals surface area (Å²) in [6, 6.07) is 7.38. The van der Waals surface area contributed by atoms with Crippen LogP contribution in [0.5, 0.6) is 0 Å². The lowest BCUT2D eigenvalue weighted by atomic mass is 10.2.